The summed E-state index contributed by atoms with van der Waals surface area (Å²) in [6.07, 6.45) is 0. The second-order valence-electron chi connectivity index (χ2n) is 9.78. The van der Waals surface area contributed by atoms with Crippen LogP contribution in [0.1, 0.15) is 61.8 Å². The van der Waals surface area contributed by atoms with E-state index < -0.39 is 0 Å². The van der Waals surface area contributed by atoms with E-state index in [1.54, 1.807) is 0 Å². The second-order valence-corrected chi connectivity index (χ2v) is 9.78. The molecule has 32 heavy (non-hydrogen) atoms. The Kier molecular flexibility index (Phi) is 6.71. The molecule has 0 radical (unpaired) electrons. The van der Waals surface area contributed by atoms with Gasteiger partial charge in [-0.2, -0.15) is 0 Å². The highest BCUT2D eigenvalue weighted by atomic mass is 16.5. The summed E-state index contributed by atoms with van der Waals surface area (Å²) in [6.45, 7) is 17.2. The third-order valence-electron chi connectivity index (χ3n) is 6.81. The van der Waals surface area contributed by atoms with Crippen LogP contribution in [-0.4, -0.2) is 26.3 Å². The molecule has 4 rings (SSSR count). The molecule has 168 valence electrons. The Bertz CT molecular complexity index is 1090. The number of hydrogen-bond donors (Lipinski definition) is 0. The van der Waals surface area contributed by atoms with Gasteiger partial charge in [0.25, 0.3) is 0 Å². The van der Waals surface area contributed by atoms with Gasteiger partial charge < -0.3 is 9.64 Å². The van der Waals surface area contributed by atoms with Crippen molar-refractivity contribution in [1.82, 2.24) is 0 Å². The molecule has 0 unspecified atom stereocenters. The van der Waals surface area contributed by atoms with Crippen molar-refractivity contribution in [1.29, 1.82) is 0 Å². The molecular formula is C30H37NO. The van der Waals surface area contributed by atoms with Gasteiger partial charge in [-0.3, -0.25) is 0 Å². The van der Waals surface area contributed by atoms with Gasteiger partial charge in [0, 0.05) is 18.8 Å². The summed E-state index contributed by atoms with van der Waals surface area (Å²) < 4.78 is 5.60. The van der Waals surface area contributed by atoms with Crippen LogP contribution < -0.4 is 4.90 Å². The number of anilines is 1. The lowest BCUT2D eigenvalue weighted by atomic mass is 9.87. The zero-order valence-corrected chi connectivity index (χ0v) is 20.5. The molecule has 0 spiro atoms. The van der Waals surface area contributed by atoms with E-state index in [0.717, 1.165) is 26.3 Å². The van der Waals surface area contributed by atoms with Gasteiger partial charge in [0.05, 0.1) is 13.2 Å². The normalized spacial score (nSPS) is 14.4. The van der Waals surface area contributed by atoms with Crippen molar-refractivity contribution in [3.8, 4) is 22.3 Å². The fraction of sp³-hybridized carbons (Fsp3) is 0.400. The monoisotopic (exact) mass is 427 g/mol. The summed E-state index contributed by atoms with van der Waals surface area (Å²) in [5.74, 6) is 1.01. The SMILES string of the molecule is Cc1ccc(-c2cc(C(C)C)cc(N3CCOCC3)c2)c(C)c1-c1cccc(C(C)C)c1. The number of aryl methyl sites for hydroxylation is 1. The van der Waals surface area contributed by atoms with Gasteiger partial charge in [-0.1, -0.05) is 70.2 Å². The molecule has 1 aliphatic rings. The number of nitrogens with zero attached hydrogens (tertiary/aromatic N) is 1. The molecule has 0 bridgehead atoms. The Hall–Kier alpha value is -2.58. The van der Waals surface area contributed by atoms with Crippen LogP contribution in [0.2, 0.25) is 0 Å². The first kappa shape index (κ1) is 22.6. The number of benzene rings is 3. The Morgan fingerprint density at radius 3 is 2.12 bits per heavy atom. The van der Waals surface area contributed by atoms with Crippen molar-refractivity contribution in [2.75, 3.05) is 31.2 Å². The summed E-state index contributed by atoms with van der Waals surface area (Å²) in [6, 6.07) is 20.8. The molecule has 2 nitrogen and oxygen atoms in total. The lowest BCUT2D eigenvalue weighted by Crippen LogP contribution is -2.36. The van der Waals surface area contributed by atoms with E-state index in [1.165, 1.54) is 50.2 Å². The zero-order valence-electron chi connectivity index (χ0n) is 20.5. The number of hydrogen-bond acceptors (Lipinski definition) is 2. The van der Waals surface area contributed by atoms with Crippen LogP contribution in [0.15, 0.2) is 54.6 Å². The molecule has 0 amide bonds. The van der Waals surface area contributed by atoms with Crippen LogP contribution in [0.3, 0.4) is 0 Å². The molecular weight excluding hydrogens is 390 g/mol. The number of morpholine rings is 1. The molecule has 1 fully saturated rings. The molecule has 0 saturated carbocycles. The van der Waals surface area contributed by atoms with E-state index in [4.69, 9.17) is 4.74 Å². The molecule has 3 aromatic carbocycles. The predicted octanol–water partition coefficient (Wildman–Crippen LogP) is 7.72. The summed E-state index contributed by atoms with van der Waals surface area (Å²) >= 11 is 0. The summed E-state index contributed by atoms with van der Waals surface area (Å²) in [5, 5.41) is 0. The van der Waals surface area contributed by atoms with Crippen LogP contribution in [0.25, 0.3) is 22.3 Å². The molecule has 0 N–H and O–H groups in total. The molecule has 1 aliphatic heterocycles. The van der Waals surface area contributed by atoms with Gasteiger partial charge in [-0.25, -0.2) is 0 Å². The molecule has 1 heterocycles. The topological polar surface area (TPSA) is 12.5 Å². The lowest BCUT2D eigenvalue weighted by molar-refractivity contribution is 0.122. The van der Waals surface area contributed by atoms with Gasteiger partial charge in [-0.05, 0) is 82.3 Å². The fourth-order valence-electron chi connectivity index (χ4n) is 4.78. The van der Waals surface area contributed by atoms with Crippen molar-refractivity contribution in [2.24, 2.45) is 0 Å². The van der Waals surface area contributed by atoms with E-state index in [-0.39, 0.29) is 0 Å². The van der Waals surface area contributed by atoms with E-state index in [0.29, 0.717) is 11.8 Å². The summed E-state index contributed by atoms with van der Waals surface area (Å²) in [5.41, 5.74) is 12.1. The highest BCUT2D eigenvalue weighted by Gasteiger charge is 2.17. The van der Waals surface area contributed by atoms with Gasteiger partial charge in [0.2, 0.25) is 0 Å². The van der Waals surface area contributed by atoms with Crippen molar-refractivity contribution >= 4 is 5.69 Å². The minimum absolute atomic E-state index is 0.489. The van der Waals surface area contributed by atoms with Crippen molar-refractivity contribution < 1.29 is 4.74 Å². The summed E-state index contributed by atoms with van der Waals surface area (Å²) in [4.78, 5) is 2.47. The number of rotatable bonds is 5. The van der Waals surface area contributed by atoms with Crippen LogP contribution >= 0.6 is 0 Å². The standard InChI is InChI=1S/C30H37NO/c1-20(2)24-8-7-9-25(16-24)30-22(5)10-11-29(23(30)6)27-17-26(21(3)4)18-28(19-27)31-12-14-32-15-13-31/h7-11,16-21H,12-15H2,1-6H3. The first-order valence-corrected chi connectivity index (χ1v) is 12.0. The Labute approximate surface area is 194 Å². The van der Waals surface area contributed by atoms with E-state index >= 15 is 0 Å². The van der Waals surface area contributed by atoms with Crippen LogP contribution in [0.5, 0.6) is 0 Å². The lowest BCUT2D eigenvalue weighted by Gasteiger charge is -2.30. The largest absolute Gasteiger partial charge is 0.378 e. The minimum atomic E-state index is 0.489. The molecule has 2 heteroatoms. The first-order chi connectivity index (χ1) is 15.3. The maximum atomic E-state index is 5.60. The third-order valence-corrected chi connectivity index (χ3v) is 6.81. The van der Waals surface area contributed by atoms with Crippen LogP contribution in [0.4, 0.5) is 5.69 Å². The van der Waals surface area contributed by atoms with Gasteiger partial charge in [0.15, 0.2) is 0 Å². The molecule has 0 aromatic heterocycles. The maximum absolute atomic E-state index is 5.60. The molecule has 0 atom stereocenters. The average molecular weight is 428 g/mol. The average Bonchev–Trinajstić information content (AvgIpc) is 2.79. The van der Waals surface area contributed by atoms with Crippen LogP contribution in [0, 0.1) is 13.8 Å². The van der Waals surface area contributed by atoms with Crippen molar-refractivity contribution in [2.45, 2.75) is 53.4 Å². The third kappa shape index (κ3) is 4.61. The van der Waals surface area contributed by atoms with Crippen molar-refractivity contribution in [3.63, 3.8) is 0 Å². The van der Waals surface area contributed by atoms with E-state index in [2.05, 4.69) is 101 Å². The quantitative estimate of drug-likeness (QED) is 0.413. The highest BCUT2D eigenvalue weighted by Crippen LogP contribution is 2.38. The minimum Gasteiger partial charge on any atom is -0.378 e. The zero-order chi connectivity index (χ0) is 22.8. The Morgan fingerprint density at radius 1 is 0.750 bits per heavy atom. The predicted molar refractivity (Wildman–Crippen MR) is 138 cm³/mol. The maximum Gasteiger partial charge on any atom is 0.0642 e. The van der Waals surface area contributed by atoms with Crippen molar-refractivity contribution in [3.05, 3.63) is 76.9 Å². The van der Waals surface area contributed by atoms with Gasteiger partial charge in [-0.15, -0.1) is 0 Å². The Balaban J connectivity index is 1.84. The molecule has 1 saturated heterocycles. The second kappa shape index (κ2) is 9.50. The number of ether oxygens (including phenoxy) is 1. The molecule has 0 aliphatic carbocycles. The summed E-state index contributed by atoms with van der Waals surface area (Å²) in [7, 11) is 0. The van der Waals surface area contributed by atoms with Crippen LogP contribution in [-0.2, 0) is 4.74 Å². The van der Waals surface area contributed by atoms with Gasteiger partial charge in [0.1, 0.15) is 0 Å². The first-order valence-electron chi connectivity index (χ1n) is 12.0. The fourth-order valence-corrected chi connectivity index (χ4v) is 4.78. The van der Waals surface area contributed by atoms with E-state index in [1.807, 2.05) is 0 Å². The highest BCUT2D eigenvalue weighted by molar-refractivity contribution is 5.82. The Morgan fingerprint density at radius 2 is 1.44 bits per heavy atom. The van der Waals surface area contributed by atoms with E-state index in [9.17, 15) is 0 Å². The molecule has 3 aromatic rings. The van der Waals surface area contributed by atoms with Gasteiger partial charge >= 0.3 is 0 Å². The smallest absolute Gasteiger partial charge is 0.0642 e.